The van der Waals surface area contributed by atoms with Crippen molar-refractivity contribution >= 4 is 44.7 Å². The van der Waals surface area contributed by atoms with Gasteiger partial charge in [0.05, 0.1) is 12.5 Å². The second kappa shape index (κ2) is 8.59. The second-order valence-electron chi connectivity index (χ2n) is 7.95. The molecule has 0 saturated carbocycles. The normalized spacial score (nSPS) is 12.9. The lowest BCUT2D eigenvalue weighted by molar-refractivity contribution is 0.102. The summed E-state index contributed by atoms with van der Waals surface area (Å²) in [7, 11) is 1.60. The van der Waals surface area contributed by atoms with Crippen LogP contribution in [0.15, 0.2) is 48.8 Å². The van der Waals surface area contributed by atoms with Gasteiger partial charge in [-0.05, 0) is 80.1 Å². The van der Waals surface area contributed by atoms with Gasteiger partial charge in [-0.25, -0.2) is 9.97 Å². The molecule has 0 radical (unpaired) electrons. The highest BCUT2D eigenvalue weighted by molar-refractivity contribution is 7.19. The summed E-state index contributed by atoms with van der Waals surface area (Å²) in [6.07, 6.45) is 6.28. The molecule has 1 aliphatic carbocycles. The lowest BCUT2D eigenvalue weighted by Crippen LogP contribution is -2.12. The van der Waals surface area contributed by atoms with Gasteiger partial charge in [-0.2, -0.15) is 0 Å². The van der Waals surface area contributed by atoms with E-state index in [1.54, 1.807) is 49.0 Å². The number of amides is 1. The maximum Gasteiger partial charge on any atom is 0.255 e. The number of nitrogens with zero attached hydrogens (tertiary/aromatic N) is 2. The third-order valence-electron chi connectivity index (χ3n) is 5.85. The van der Waals surface area contributed by atoms with Gasteiger partial charge in [0, 0.05) is 21.8 Å². The number of rotatable bonds is 5. The number of methoxy groups -OCH3 is 1. The van der Waals surface area contributed by atoms with Crippen molar-refractivity contribution in [3.05, 3.63) is 70.4 Å². The largest absolute Gasteiger partial charge is 0.497 e. The molecule has 1 amide bonds. The van der Waals surface area contributed by atoms with Gasteiger partial charge < -0.3 is 15.4 Å². The molecule has 0 spiro atoms. The molecule has 6 nitrogen and oxygen atoms in total. The molecule has 162 valence electrons. The van der Waals surface area contributed by atoms with E-state index in [4.69, 9.17) is 4.74 Å². The Morgan fingerprint density at radius 1 is 1.06 bits per heavy atom. The first kappa shape index (κ1) is 20.5. The van der Waals surface area contributed by atoms with Crippen molar-refractivity contribution in [3.8, 4) is 5.75 Å². The number of fused-ring (bicyclic) bond motifs is 3. The summed E-state index contributed by atoms with van der Waals surface area (Å²) in [4.78, 5) is 24.2. The number of carbonyl (C=O) groups excluding carboxylic acids is 1. The maximum absolute atomic E-state index is 12.7. The van der Waals surface area contributed by atoms with Crippen LogP contribution in [0.25, 0.3) is 10.2 Å². The molecule has 2 aromatic heterocycles. The van der Waals surface area contributed by atoms with Crippen molar-refractivity contribution < 1.29 is 9.53 Å². The van der Waals surface area contributed by atoms with Crippen LogP contribution >= 0.6 is 11.3 Å². The summed E-state index contributed by atoms with van der Waals surface area (Å²) in [5, 5.41) is 7.63. The van der Waals surface area contributed by atoms with Crippen LogP contribution in [-0.4, -0.2) is 23.0 Å². The highest BCUT2D eigenvalue weighted by atomic mass is 32.1. The molecule has 0 unspecified atom stereocenters. The fraction of sp³-hybridized carbons (Fsp3) is 0.240. The Kier molecular flexibility index (Phi) is 5.49. The molecule has 1 aliphatic rings. The molecule has 0 atom stereocenters. The number of aryl methyl sites for hydroxylation is 3. The van der Waals surface area contributed by atoms with Crippen LogP contribution < -0.4 is 15.4 Å². The number of hydrogen-bond acceptors (Lipinski definition) is 6. The van der Waals surface area contributed by atoms with E-state index >= 15 is 0 Å². The molecular weight excluding hydrogens is 420 g/mol. The minimum absolute atomic E-state index is 0.168. The summed E-state index contributed by atoms with van der Waals surface area (Å²) < 4.78 is 5.16. The van der Waals surface area contributed by atoms with Crippen LogP contribution in [0.5, 0.6) is 5.75 Å². The van der Waals surface area contributed by atoms with Crippen molar-refractivity contribution in [2.24, 2.45) is 0 Å². The van der Waals surface area contributed by atoms with Gasteiger partial charge in [-0.1, -0.05) is 6.07 Å². The highest BCUT2D eigenvalue weighted by Crippen LogP contribution is 2.39. The lowest BCUT2D eigenvalue weighted by Gasteiger charge is -2.15. The summed E-state index contributed by atoms with van der Waals surface area (Å²) in [6.45, 7) is 2.04. The lowest BCUT2D eigenvalue weighted by atomic mass is 9.97. The quantitative estimate of drug-likeness (QED) is 0.402. The predicted octanol–water partition coefficient (Wildman–Crippen LogP) is 5.88. The topological polar surface area (TPSA) is 76.1 Å². The van der Waals surface area contributed by atoms with Crippen LogP contribution in [0.2, 0.25) is 0 Å². The van der Waals surface area contributed by atoms with Crippen LogP contribution in [0.3, 0.4) is 0 Å². The summed E-state index contributed by atoms with van der Waals surface area (Å²) in [5.41, 5.74) is 4.66. The Labute approximate surface area is 190 Å². The third-order valence-corrected chi connectivity index (χ3v) is 7.05. The van der Waals surface area contributed by atoms with Crippen molar-refractivity contribution in [1.29, 1.82) is 0 Å². The fourth-order valence-electron chi connectivity index (χ4n) is 4.09. The SMILES string of the molecule is COc1ccc(C(=O)Nc2ccc(C)c(Nc3ncnc4sc5c(c34)CCCC5)c2)cc1. The first-order valence-electron chi connectivity index (χ1n) is 10.7. The first-order valence-corrected chi connectivity index (χ1v) is 11.5. The zero-order valence-corrected chi connectivity index (χ0v) is 18.9. The number of thiophene rings is 1. The van der Waals surface area contributed by atoms with E-state index in [-0.39, 0.29) is 5.91 Å². The first-order chi connectivity index (χ1) is 15.6. The Bertz CT molecular complexity index is 1300. The number of nitrogens with one attached hydrogen (secondary N) is 2. The minimum atomic E-state index is -0.168. The molecule has 2 heterocycles. The number of hydrogen-bond donors (Lipinski definition) is 2. The van der Waals surface area contributed by atoms with E-state index < -0.39 is 0 Å². The van der Waals surface area contributed by atoms with Gasteiger partial charge >= 0.3 is 0 Å². The second-order valence-corrected chi connectivity index (χ2v) is 9.03. The van der Waals surface area contributed by atoms with E-state index in [9.17, 15) is 4.79 Å². The Morgan fingerprint density at radius 2 is 1.88 bits per heavy atom. The van der Waals surface area contributed by atoms with Crippen LogP contribution in [0, 0.1) is 6.92 Å². The molecule has 2 aromatic carbocycles. The van der Waals surface area contributed by atoms with E-state index in [1.165, 1.54) is 23.3 Å². The molecule has 0 bridgehead atoms. The number of ether oxygens (including phenoxy) is 1. The van der Waals surface area contributed by atoms with Crippen molar-refractivity contribution in [3.63, 3.8) is 0 Å². The van der Waals surface area contributed by atoms with Crippen molar-refractivity contribution in [1.82, 2.24) is 9.97 Å². The van der Waals surface area contributed by atoms with E-state index in [2.05, 4.69) is 20.6 Å². The Balaban J connectivity index is 1.42. The smallest absolute Gasteiger partial charge is 0.255 e. The van der Waals surface area contributed by atoms with Crippen LogP contribution in [0.1, 0.15) is 39.2 Å². The highest BCUT2D eigenvalue weighted by Gasteiger charge is 2.20. The van der Waals surface area contributed by atoms with Crippen molar-refractivity contribution in [2.45, 2.75) is 32.6 Å². The summed E-state index contributed by atoms with van der Waals surface area (Å²) in [6, 6.07) is 12.9. The maximum atomic E-state index is 12.7. The van der Waals surface area contributed by atoms with Gasteiger partial charge in [-0.3, -0.25) is 4.79 Å². The number of aromatic nitrogens is 2. The van der Waals surface area contributed by atoms with Gasteiger partial charge in [0.25, 0.3) is 5.91 Å². The van der Waals surface area contributed by atoms with Gasteiger partial charge in [-0.15, -0.1) is 11.3 Å². The fourth-order valence-corrected chi connectivity index (χ4v) is 5.32. The Hall–Kier alpha value is -3.45. The zero-order valence-electron chi connectivity index (χ0n) is 18.1. The molecule has 32 heavy (non-hydrogen) atoms. The minimum Gasteiger partial charge on any atom is -0.497 e. The van der Waals surface area contributed by atoms with E-state index in [1.807, 2.05) is 25.1 Å². The number of anilines is 3. The molecule has 2 N–H and O–H groups in total. The average Bonchev–Trinajstić information content (AvgIpc) is 3.21. The standard InChI is InChI=1S/C25H24N4O2S/c1-15-7-10-17(28-24(30)16-8-11-18(31-2)12-9-16)13-20(15)29-23-22-19-5-3-4-6-21(19)32-25(22)27-14-26-23/h7-14H,3-6H2,1-2H3,(H,28,30)(H,26,27,29). The predicted molar refractivity (Wildman–Crippen MR) is 129 cm³/mol. The monoisotopic (exact) mass is 444 g/mol. The van der Waals surface area contributed by atoms with E-state index in [0.717, 1.165) is 51.6 Å². The van der Waals surface area contributed by atoms with Gasteiger partial charge in [0.2, 0.25) is 0 Å². The number of carbonyl (C=O) groups is 1. The zero-order chi connectivity index (χ0) is 22.1. The Morgan fingerprint density at radius 3 is 2.69 bits per heavy atom. The van der Waals surface area contributed by atoms with Crippen LogP contribution in [0.4, 0.5) is 17.2 Å². The van der Waals surface area contributed by atoms with E-state index in [0.29, 0.717) is 5.56 Å². The number of benzene rings is 2. The molecular formula is C25H24N4O2S. The van der Waals surface area contributed by atoms with Crippen LogP contribution in [-0.2, 0) is 12.8 Å². The molecule has 0 aliphatic heterocycles. The summed E-state index contributed by atoms with van der Waals surface area (Å²) in [5.74, 6) is 1.38. The molecule has 4 aromatic rings. The summed E-state index contributed by atoms with van der Waals surface area (Å²) >= 11 is 1.78. The molecule has 5 rings (SSSR count). The van der Waals surface area contributed by atoms with Gasteiger partial charge in [0.15, 0.2) is 0 Å². The third kappa shape index (κ3) is 3.91. The van der Waals surface area contributed by atoms with Gasteiger partial charge in [0.1, 0.15) is 22.7 Å². The molecule has 7 heteroatoms. The average molecular weight is 445 g/mol. The molecule has 0 fully saturated rings. The van der Waals surface area contributed by atoms with Crippen molar-refractivity contribution in [2.75, 3.05) is 17.7 Å². The molecule has 0 saturated heterocycles.